The number of phenolic OH excluding ortho intramolecular Hbond substituents is 1. The highest BCUT2D eigenvalue weighted by molar-refractivity contribution is 6.32. The first-order valence-corrected chi connectivity index (χ1v) is 12.5. The van der Waals surface area contributed by atoms with Crippen molar-refractivity contribution in [3.63, 3.8) is 0 Å². The number of nitrogen functional groups attached to an aromatic ring is 1. The fourth-order valence-electron chi connectivity index (χ4n) is 4.79. The molecule has 0 amide bonds. The fraction of sp³-hybridized carbons (Fsp3) is 0.222. The zero-order valence-corrected chi connectivity index (χ0v) is 21.8. The summed E-state index contributed by atoms with van der Waals surface area (Å²) in [7, 11) is 3.32. The second-order valence-corrected chi connectivity index (χ2v) is 9.76. The maximum Gasteiger partial charge on any atom is 0.332 e. The summed E-state index contributed by atoms with van der Waals surface area (Å²) >= 11 is 6.54. The largest absolute Gasteiger partial charge is 0.507 e. The maximum atomic E-state index is 15.0. The summed E-state index contributed by atoms with van der Waals surface area (Å²) in [6, 6.07) is 11.1. The highest BCUT2D eigenvalue weighted by atomic mass is 35.5. The van der Waals surface area contributed by atoms with Crippen LogP contribution in [0.4, 0.5) is 21.5 Å². The van der Waals surface area contributed by atoms with Crippen molar-refractivity contribution >= 4 is 28.7 Å². The average Bonchev–Trinajstić information content (AvgIpc) is 3.23. The molecule has 1 fully saturated rings. The van der Waals surface area contributed by atoms with E-state index in [0.29, 0.717) is 33.8 Å². The summed E-state index contributed by atoms with van der Waals surface area (Å²) in [6.45, 7) is 3.10. The summed E-state index contributed by atoms with van der Waals surface area (Å²) in [6.07, 6.45) is 3.25. The fourth-order valence-corrected chi connectivity index (χ4v) is 5.07. The van der Waals surface area contributed by atoms with E-state index in [0.717, 1.165) is 31.9 Å². The first-order chi connectivity index (χ1) is 18.2. The number of benzene rings is 3. The van der Waals surface area contributed by atoms with Crippen molar-refractivity contribution in [2.75, 3.05) is 48.9 Å². The van der Waals surface area contributed by atoms with Gasteiger partial charge in [-0.1, -0.05) is 17.7 Å². The van der Waals surface area contributed by atoms with Crippen LogP contribution in [0.2, 0.25) is 5.02 Å². The number of halogens is 2. The minimum absolute atomic E-state index is 0.117. The molecule has 0 spiro atoms. The molecule has 0 unspecified atom stereocenters. The van der Waals surface area contributed by atoms with E-state index in [2.05, 4.69) is 10.2 Å². The van der Waals surface area contributed by atoms with Crippen molar-refractivity contribution in [3.05, 3.63) is 76.2 Å². The number of piperazine rings is 1. The summed E-state index contributed by atoms with van der Waals surface area (Å²) in [4.78, 5) is 14.5. The molecule has 38 heavy (non-hydrogen) atoms. The Labute approximate surface area is 224 Å². The number of hydrazine groups is 1. The lowest BCUT2D eigenvalue weighted by molar-refractivity contribution is 0.477. The number of nitrogens with zero attached hydrogens (tertiary/aromatic N) is 4. The zero-order valence-electron chi connectivity index (χ0n) is 21.1. The Morgan fingerprint density at radius 2 is 1.71 bits per heavy atom. The average molecular weight is 538 g/mol. The van der Waals surface area contributed by atoms with Crippen LogP contribution < -0.4 is 32.5 Å². The van der Waals surface area contributed by atoms with Gasteiger partial charge in [0, 0.05) is 63.8 Å². The minimum Gasteiger partial charge on any atom is -0.507 e. The van der Waals surface area contributed by atoms with Crippen LogP contribution in [0, 0.1) is 5.82 Å². The van der Waals surface area contributed by atoms with Crippen LogP contribution >= 0.6 is 11.6 Å². The van der Waals surface area contributed by atoms with Gasteiger partial charge in [-0.25, -0.2) is 15.0 Å². The van der Waals surface area contributed by atoms with E-state index in [4.69, 9.17) is 23.2 Å². The van der Waals surface area contributed by atoms with Crippen LogP contribution in [-0.4, -0.2) is 47.5 Å². The second-order valence-electron chi connectivity index (χ2n) is 9.35. The van der Waals surface area contributed by atoms with Crippen molar-refractivity contribution < 1.29 is 9.50 Å². The standard InChI is InChI=1S/C27H29ClFN7O2/c1-33-9-10-36(27(33)38)22-4-3-16(11-21(22)28)19-14-18(29)15-20(26(19)37)17-12-23(34(2)31)25(30)24(13-17)35-7-5-32-6-8-35/h3-4,9-15,32,37H,5-8,30-31H2,1-2H3. The number of hydrogen-bond donors (Lipinski definition) is 4. The molecule has 9 nitrogen and oxygen atoms in total. The first kappa shape index (κ1) is 25.7. The van der Waals surface area contributed by atoms with Crippen molar-refractivity contribution in [1.82, 2.24) is 14.5 Å². The van der Waals surface area contributed by atoms with Crippen molar-refractivity contribution in [1.29, 1.82) is 0 Å². The van der Waals surface area contributed by atoms with Crippen LogP contribution in [0.1, 0.15) is 0 Å². The van der Waals surface area contributed by atoms with Gasteiger partial charge in [0.05, 0.1) is 27.8 Å². The summed E-state index contributed by atoms with van der Waals surface area (Å²) in [5.74, 6) is 5.44. The SMILES string of the molecule is CN(N)c1cc(-c2cc(F)cc(-c3ccc(-n4ccn(C)c4=O)c(Cl)c3)c2O)cc(N2CCNCC2)c1N. The van der Waals surface area contributed by atoms with Gasteiger partial charge in [-0.3, -0.25) is 4.57 Å². The van der Waals surface area contributed by atoms with E-state index in [9.17, 15) is 9.90 Å². The Hall–Kier alpha value is -3.99. The number of aromatic nitrogens is 2. The Morgan fingerprint density at radius 1 is 1.03 bits per heavy atom. The Balaban J connectivity index is 1.63. The smallest absolute Gasteiger partial charge is 0.332 e. The lowest BCUT2D eigenvalue weighted by Crippen LogP contribution is -2.44. The molecule has 1 aliphatic heterocycles. The molecular formula is C27H29ClFN7O2. The predicted molar refractivity (Wildman–Crippen MR) is 151 cm³/mol. The number of rotatable bonds is 5. The lowest BCUT2D eigenvalue weighted by Gasteiger charge is -2.32. The van der Waals surface area contributed by atoms with Crippen LogP contribution in [0.3, 0.4) is 0 Å². The molecule has 5 rings (SSSR count). The Morgan fingerprint density at radius 3 is 2.32 bits per heavy atom. The Bertz CT molecular complexity index is 1570. The van der Waals surface area contributed by atoms with Crippen molar-refractivity contribution in [2.45, 2.75) is 0 Å². The van der Waals surface area contributed by atoms with Gasteiger partial charge >= 0.3 is 5.69 Å². The topological polar surface area (TPSA) is 118 Å². The van der Waals surface area contributed by atoms with Gasteiger partial charge < -0.3 is 30.6 Å². The van der Waals surface area contributed by atoms with E-state index in [1.54, 1.807) is 50.8 Å². The third-order valence-corrected chi connectivity index (χ3v) is 7.13. The van der Waals surface area contributed by atoms with Gasteiger partial charge in [0.1, 0.15) is 11.6 Å². The third kappa shape index (κ3) is 4.58. The molecule has 0 saturated carbocycles. The third-order valence-electron chi connectivity index (χ3n) is 6.83. The normalized spacial score (nSPS) is 13.7. The van der Waals surface area contributed by atoms with E-state index in [-0.39, 0.29) is 22.0 Å². The van der Waals surface area contributed by atoms with Crippen LogP contribution in [0.5, 0.6) is 5.75 Å². The number of anilines is 3. The molecule has 3 aromatic carbocycles. The lowest BCUT2D eigenvalue weighted by atomic mass is 9.95. The summed E-state index contributed by atoms with van der Waals surface area (Å²) < 4.78 is 17.9. The van der Waals surface area contributed by atoms with Gasteiger partial charge in [0.2, 0.25) is 0 Å². The Kier molecular flexibility index (Phi) is 6.78. The molecule has 2 heterocycles. The molecule has 0 aliphatic carbocycles. The molecule has 1 aromatic heterocycles. The van der Waals surface area contributed by atoms with E-state index in [1.807, 2.05) is 6.07 Å². The molecule has 1 aliphatic rings. The first-order valence-electron chi connectivity index (χ1n) is 12.1. The zero-order chi connectivity index (χ0) is 27.1. The number of nitrogens with one attached hydrogen (secondary N) is 1. The van der Waals surface area contributed by atoms with Gasteiger partial charge in [0.25, 0.3) is 0 Å². The van der Waals surface area contributed by atoms with Crippen LogP contribution in [0.25, 0.3) is 27.9 Å². The number of aromatic hydroxyl groups is 1. The number of phenols is 1. The number of hydrogen-bond acceptors (Lipinski definition) is 7. The highest BCUT2D eigenvalue weighted by Crippen LogP contribution is 2.44. The van der Waals surface area contributed by atoms with Crippen LogP contribution in [-0.2, 0) is 7.05 Å². The molecule has 11 heteroatoms. The van der Waals surface area contributed by atoms with Crippen molar-refractivity contribution in [3.8, 4) is 33.7 Å². The maximum absolute atomic E-state index is 15.0. The van der Waals surface area contributed by atoms with Gasteiger partial charge in [-0.2, -0.15) is 0 Å². The molecule has 198 valence electrons. The van der Waals surface area contributed by atoms with Crippen LogP contribution in [0.15, 0.2) is 59.7 Å². The summed E-state index contributed by atoms with van der Waals surface area (Å²) in [5, 5.41) is 16.4. The van der Waals surface area contributed by atoms with E-state index < -0.39 is 5.82 Å². The second kappa shape index (κ2) is 10.1. The molecule has 6 N–H and O–H groups in total. The minimum atomic E-state index is -0.532. The van der Waals surface area contributed by atoms with E-state index in [1.165, 1.54) is 26.3 Å². The van der Waals surface area contributed by atoms with Crippen molar-refractivity contribution in [2.24, 2.45) is 12.9 Å². The van der Waals surface area contributed by atoms with Gasteiger partial charge in [0.15, 0.2) is 0 Å². The molecule has 0 atom stereocenters. The van der Waals surface area contributed by atoms with E-state index >= 15 is 4.39 Å². The summed E-state index contributed by atoms with van der Waals surface area (Å²) in [5.41, 5.74) is 10.2. The van der Waals surface area contributed by atoms with Gasteiger partial charge in [-0.15, -0.1) is 0 Å². The van der Waals surface area contributed by atoms with Gasteiger partial charge in [-0.05, 0) is 47.5 Å². The number of nitrogens with two attached hydrogens (primary N) is 2. The monoisotopic (exact) mass is 537 g/mol. The molecule has 0 radical (unpaired) electrons. The quantitative estimate of drug-likeness (QED) is 0.175. The predicted octanol–water partition coefficient (Wildman–Crippen LogP) is 3.31. The number of imidazole rings is 1. The highest BCUT2D eigenvalue weighted by Gasteiger charge is 2.21. The molecular weight excluding hydrogens is 509 g/mol. The number of aryl methyl sites for hydroxylation is 1. The molecule has 4 aromatic rings. The molecule has 1 saturated heterocycles. The molecule has 0 bridgehead atoms.